The molecule has 2 aliphatic carbocycles. The Kier molecular flexibility index (Phi) is 3.52. The van der Waals surface area contributed by atoms with Crippen molar-refractivity contribution in [3.05, 3.63) is 45.5 Å². The van der Waals surface area contributed by atoms with Crippen molar-refractivity contribution >= 4 is 11.6 Å². The Hall–Kier alpha value is -3.06. The SMILES string of the molecule is COc1ccc(O)c2c1C(=O)c1c(O)c3c(c(O)c1C2=O)CC(C)(O)CC3. The number of carbonyl (C=O) groups excluding carboxylic acids is 2. The summed E-state index contributed by atoms with van der Waals surface area (Å²) in [5.41, 5.74) is -1.58. The van der Waals surface area contributed by atoms with Crippen molar-refractivity contribution < 1.29 is 34.8 Å². The summed E-state index contributed by atoms with van der Waals surface area (Å²) in [6.45, 7) is 1.60. The quantitative estimate of drug-likeness (QED) is 0.482. The summed E-state index contributed by atoms with van der Waals surface area (Å²) in [4.78, 5) is 26.2. The molecule has 0 fully saturated rings. The largest absolute Gasteiger partial charge is 0.507 e. The van der Waals surface area contributed by atoms with Crippen LogP contribution in [0.5, 0.6) is 23.0 Å². The van der Waals surface area contributed by atoms with Crippen molar-refractivity contribution in [1.29, 1.82) is 0 Å². The van der Waals surface area contributed by atoms with Crippen LogP contribution in [0.4, 0.5) is 0 Å². The van der Waals surface area contributed by atoms with Gasteiger partial charge in [0.25, 0.3) is 0 Å². The van der Waals surface area contributed by atoms with Crippen LogP contribution in [-0.4, -0.2) is 44.7 Å². The fourth-order valence-electron chi connectivity index (χ4n) is 4.04. The standard InChI is InChI=1S/C20H18O7/c1-20(26)6-5-8-9(7-20)17(23)15-14(16(8)22)19(25)13-11(27-2)4-3-10(21)12(13)18(15)24/h3-4,21-23,26H,5-7H2,1-2H3. The molecule has 0 heterocycles. The van der Waals surface area contributed by atoms with E-state index in [1.165, 1.54) is 19.2 Å². The number of phenols is 3. The molecule has 0 spiro atoms. The van der Waals surface area contributed by atoms with E-state index in [1.807, 2.05) is 0 Å². The molecule has 1 unspecified atom stereocenters. The van der Waals surface area contributed by atoms with Crippen LogP contribution in [0.25, 0.3) is 0 Å². The van der Waals surface area contributed by atoms with E-state index in [1.54, 1.807) is 6.92 Å². The summed E-state index contributed by atoms with van der Waals surface area (Å²) in [5.74, 6) is -2.63. The molecule has 7 nitrogen and oxygen atoms in total. The van der Waals surface area contributed by atoms with Crippen LogP contribution in [0, 0.1) is 0 Å². The van der Waals surface area contributed by atoms with E-state index in [0.717, 1.165) is 0 Å². The van der Waals surface area contributed by atoms with Gasteiger partial charge in [-0.05, 0) is 31.9 Å². The first-order valence-electron chi connectivity index (χ1n) is 8.49. The number of aromatic hydroxyl groups is 3. The number of aliphatic hydroxyl groups is 1. The Labute approximate surface area is 154 Å². The lowest BCUT2D eigenvalue weighted by Gasteiger charge is -2.33. The Morgan fingerprint density at radius 3 is 2.15 bits per heavy atom. The third kappa shape index (κ3) is 2.24. The van der Waals surface area contributed by atoms with Crippen LogP contribution >= 0.6 is 0 Å². The Bertz CT molecular complexity index is 1030. The number of carbonyl (C=O) groups is 2. The predicted octanol–water partition coefficient (Wildman–Crippen LogP) is 1.83. The van der Waals surface area contributed by atoms with Crippen LogP contribution in [0.1, 0.15) is 56.3 Å². The van der Waals surface area contributed by atoms with Crippen LogP contribution in [0.15, 0.2) is 12.1 Å². The highest BCUT2D eigenvalue weighted by atomic mass is 16.5. The first-order valence-corrected chi connectivity index (χ1v) is 8.49. The van der Waals surface area contributed by atoms with Gasteiger partial charge in [-0.2, -0.15) is 0 Å². The minimum absolute atomic E-state index is 0.0351. The predicted molar refractivity (Wildman–Crippen MR) is 93.9 cm³/mol. The fourth-order valence-corrected chi connectivity index (χ4v) is 4.04. The number of fused-ring (bicyclic) bond motifs is 3. The van der Waals surface area contributed by atoms with Gasteiger partial charge in [0.2, 0.25) is 11.6 Å². The second-order valence-electron chi connectivity index (χ2n) is 7.27. The minimum Gasteiger partial charge on any atom is -0.507 e. The number of ether oxygens (including phenoxy) is 1. The van der Waals surface area contributed by atoms with E-state index in [0.29, 0.717) is 12.0 Å². The second-order valence-corrected chi connectivity index (χ2v) is 7.27. The second kappa shape index (κ2) is 5.47. The average Bonchev–Trinajstić information content (AvgIpc) is 2.61. The fraction of sp³-hybridized carbons (Fsp3) is 0.300. The number of ketones is 2. The Morgan fingerprint density at radius 2 is 1.52 bits per heavy atom. The maximum Gasteiger partial charge on any atom is 0.202 e. The summed E-state index contributed by atoms with van der Waals surface area (Å²) in [7, 11) is 1.33. The number of hydrogen-bond acceptors (Lipinski definition) is 7. The van der Waals surface area contributed by atoms with Gasteiger partial charge in [0, 0.05) is 17.5 Å². The van der Waals surface area contributed by atoms with Crippen molar-refractivity contribution in [1.82, 2.24) is 0 Å². The highest BCUT2D eigenvalue weighted by molar-refractivity contribution is 6.32. The highest BCUT2D eigenvalue weighted by Crippen LogP contribution is 2.49. The van der Waals surface area contributed by atoms with Gasteiger partial charge in [-0.1, -0.05) is 0 Å². The molecular weight excluding hydrogens is 352 g/mol. The van der Waals surface area contributed by atoms with Gasteiger partial charge in [0.05, 0.1) is 35.0 Å². The van der Waals surface area contributed by atoms with Crippen molar-refractivity contribution in [2.45, 2.75) is 31.8 Å². The Morgan fingerprint density at radius 1 is 0.926 bits per heavy atom. The lowest BCUT2D eigenvalue weighted by atomic mass is 9.74. The zero-order chi connectivity index (χ0) is 19.7. The molecule has 4 rings (SSSR count). The zero-order valence-corrected chi connectivity index (χ0v) is 14.8. The van der Waals surface area contributed by atoms with Crippen molar-refractivity contribution in [2.75, 3.05) is 7.11 Å². The van der Waals surface area contributed by atoms with Gasteiger partial charge in [-0.3, -0.25) is 9.59 Å². The van der Waals surface area contributed by atoms with Gasteiger partial charge < -0.3 is 25.2 Å². The van der Waals surface area contributed by atoms with Crippen LogP contribution < -0.4 is 4.74 Å². The van der Waals surface area contributed by atoms with Crippen LogP contribution in [0.3, 0.4) is 0 Å². The van der Waals surface area contributed by atoms with E-state index in [-0.39, 0.29) is 52.2 Å². The molecule has 4 N–H and O–H groups in total. The molecular formula is C20H18O7. The normalized spacial score (nSPS) is 20.7. The maximum absolute atomic E-state index is 13.1. The van der Waals surface area contributed by atoms with Crippen molar-refractivity contribution in [2.24, 2.45) is 0 Å². The topological polar surface area (TPSA) is 124 Å². The summed E-state index contributed by atoms with van der Waals surface area (Å²) in [6.07, 6.45) is 0.628. The minimum atomic E-state index is -1.10. The zero-order valence-electron chi connectivity index (χ0n) is 14.8. The van der Waals surface area contributed by atoms with Crippen LogP contribution in [-0.2, 0) is 12.8 Å². The highest BCUT2D eigenvalue weighted by Gasteiger charge is 2.42. The number of hydrogen-bond donors (Lipinski definition) is 4. The molecule has 2 aliphatic rings. The third-order valence-corrected chi connectivity index (χ3v) is 5.40. The summed E-state index contributed by atoms with van der Waals surface area (Å²) in [6, 6.07) is 2.59. The molecule has 0 aliphatic heterocycles. The molecule has 0 saturated carbocycles. The van der Waals surface area contributed by atoms with Gasteiger partial charge in [0.15, 0.2) is 0 Å². The molecule has 0 saturated heterocycles. The Balaban J connectivity index is 2.06. The van der Waals surface area contributed by atoms with Crippen molar-refractivity contribution in [3.8, 4) is 23.0 Å². The molecule has 0 amide bonds. The first-order chi connectivity index (χ1) is 12.7. The summed E-state index contributed by atoms with van der Waals surface area (Å²) in [5, 5.41) is 42.0. The summed E-state index contributed by atoms with van der Waals surface area (Å²) >= 11 is 0. The number of rotatable bonds is 1. The van der Waals surface area contributed by atoms with Gasteiger partial charge in [0.1, 0.15) is 23.0 Å². The molecule has 27 heavy (non-hydrogen) atoms. The molecule has 2 aromatic rings. The maximum atomic E-state index is 13.1. The first kappa shape index (κ1) is 17.4. The monoisotopic (exact) mass is 370 g/mol. The molecule has 1 atom stereocenters. The van der Waals surface area contributed by atoms with Crippen LogP contribution in [0.2, 0.25) is 0 Å². The van der Waals surface area contributed by atoms with E-state index < -0.39 is 28.7 Å². The van der Waals surface area contributed by atoms with E-state index in [2.05, 4.69) is 0 Å². The smallest absolute Gasteiger partial charge is 0.202 e. The van der Waals surface area contributed by atoms with Gasteiger partial charge in [-0.25, -0.2) is 0 Å². The number of methoxy groups -OCH3 is 1. The third-order valence-electron chi connectivity index (χ3n) is 5.40. The summed E-state index contributed by atoms with van der Waals surface area (Å²) < 4.78 is 5.15. The van der Waals surface area contributed by atoms with E-state index in [9.17, 15) is 30.0 Å². The van der Waals surface area contributed by atoms with Crippen molar-refractivity contribution in [3.63, 3.8) is 0 Å². The number of phenolic OH excluding ortho intramolecular Hbond substituents is 3. The van der Waals surface area contributed by atoms with Gasteiger partial charge in [-0.15, -0.1) is 0 Å². The lowest BCUT2D eigenvalue weighted by Crippen LogP contribution is -2.33. The molecule has 0 aromatic heterocycles. The molecule has 0 bridgehead atoms. The lowest BCUT2D eigenvalue weighted by molar-refractivity contribution is 0.0446. The molecule has 0 radical (unpaired) electrons. The molecule has 140 valence electrons. The number of benzene rings is 2. The van der Waals surface area contributed by atoms with E-state index in [4.69, 9.17) is 4.74 Å². The van der Waals surface area contributed by atoms with E-state index >= 15 is 0 Å². The average molecular weight is 370 g/mol. The molecule has 7 heteroatoms. The van der Waals surface area contributed by atoms with Gasteiger partial charge >= 0.3 is 0 Å². The molecule has 2 aromatic carbocycles.